The molecule has 1 heterocycles. The van der Waals surface area contributed by atoms with Gasteiger partial charge in [0, 0.05) is 19.5 Å². The minimum absolute atomic E-state index is 0.303. The quantitative estimate of drug-likeness (QED) is 0.860. The summed E-state index contributed by atoms with van der Waals surface area (Å²) in [6.45, 7) is 0.900. The molecule has 0 bridgehead atoms. The Balaban J connectivity index is 2.19. The number of aliphatic hydroxyl groups is 1. The molecule has 0 aromatic heterocycles. The number of β-amino-alcohol motifs (C(OH)–C–C–N with tert-alkyl or cyclic N) is 1. The van der Waals surface area contributed by atoms with Gasteiger partial charge in [0.25, 0.3) is 0 Å². The molecule has 1 aromatic carbocycles. The Hall–Kier alpha value is -0.780. The molecule has 1 fully saturated rings. The van der Waals surface area contributed by atoms with E-state index >= 15 is 0 Å². The second-order valence-electron chi connectivity index (χ2n) is 4.32. The van der Waals surface area contributed by atoms with Gasteiger partial charge in [-0.25, -0.2) is 0 Å². The second kappa shape index (κ2) is 4.15. The SMILES string of the molecule is OC1(Cc2ccc(C(F)(F)F)c(Cl)c2)CNC1. The van der Waals surface area contributed by atoms with E-state index in [9.17, 15) is 18.3 Å². The fraction of sp³-hybridized carbons (Fsp3) is 0.455. The van der Waals surface area contributed by atoms with Crippen molar-refractivity contribution in [1.82, 2.24) is 5.32 Å². The van der Waals surface area contributed by atoms with Crippen LogP contribution < -0.4 is 5.32 Å². The largest absolute Gasteiger partial charge is 0.417 e. The van der Waals surface area contributed by atoms with Crippen molar-refractivity contribution in [2.24, 2.45) is 0 Å². The molecule has 0 amide bonds. The highest BCUT2D eigenvalue weighted by molar-refractivity contribution is 6.31. The number of benzene rings is 1. The maximum absolute atomic E-state index is 12.5. The van der Waals surface area contributed by atoms with Crippen molar-refractivity contribution >= 4 is 11.6 Å². The van der Waals surface area contributed by atoms with Crippen LogP contribution in [0, 0.1) is 0 Å². The lowest BCUT2D eigenvalue weighted by atomic mass is 9.89. The van der Waals surface area contributed by atoms with E-state index in [1.54, 1.807) is 0 Å². The van der Waals surface area contributed by atoms with Crippen LogP contribution in [0.2, 0.25) is 5.02 Å². The average Bonchev–Trinajstić information content (AvgIpc) is 2.13. The van der Waals surface area contributed by atoms with Crippen molar-refractivity contribution in [3.63, 3.8) is 0 Å². The molecular formula is C11H11ClF3NO. The molecule has 0 aliphatic carbocycles. The van der Waals surface area contributed by atoms with E-state index in [1.807, 2.05) is 0 Å². The first kappa shape index (κ1) is 12.7. The predicted molar refractivity (Wildman–Crippen MR) is 58.0 cm³/mol. The van der Waals surface area contributed by atoms with E-state index in [1.165, 1.54) is 12.1 Å². The smallest absolute Gasteiger partial charge is 0.387 e. The number of alkyl halides is 3. The first-order valence-electron chi connectivity index (χ1n) is 5.09. The van der Waals surface area contributed by atoms with Gasteiger partial charge in [-0.15, -0.1) is 0 Å². The van der Waals surface area contributed by atoms with Gasteiger partial charge in [0.05, 0.1) is 16.2 Å². The van der Waals surface area contributed by atoms with Gasteiger partial charge >= 0.3 is 6.18 Å². The second-order valence-corrected chi connectivity index (χ2v) is 4.72. The highest BCUT2D eigenvalue weighted by Gasteiger charge is 2.36. The van der Waals surface area contributed by atoms with E-state index < -0.39 is 17.3 Å². The van der Waals surface area contributed by atoms with Crippen LogP contribution in [0.15, 0.2) is 18.2 Å². The minimum atomic E-state index is -4.44. The van der Waals surface area contributed by atoms with Crippen LogP contribution in [0.25, 0.3) is 0 Å². The fourth-order valence-electron chi connectivity index (χ4n) is 1.82. The lowest BCUT2D eigenvalue weighted by Crippen LogP contribution is -2.60. The number of hydrogen-bond acceptors (Lipinski definition) is 2. The molecule has 17 heavy (non-hydrogen) atoms. The molecule has 1 aliphatic heterocycles. The Bertz CT molecular complexity index is 429. The van der Waals surface area contributed by atoms with Crippen LogP contribution >= 0.6 is 11.6 Å². The summed E-state index contributed by atoms with van der Waals surface area (Å²) in [7, 11) is 0. The first-order valence-corrected chi connectivity index (χ1v) is 5.47. The van der Waals surface area contributed by atoms with Crippen molar-refractivity contribution in [3.8, 4) is 0 Å². The molecule has 0 unspecified atom stereocenters. The zero-order valence-electron chi connectivity index (χ0n) is 8.81. The zero-order valence-corrected chi connectivity index (χ0v) is 9.57. The van der Waals surface area contributed by atoms with Crippen LogP contribution in [0.3, 0.4) is 0 Å². The topological polar surface area (TPSA) is 32.3 Å². The van der Waals surface area contributed by atoms with E-state index in [4.69, 9.17) is 11.6 Å². The number of nitrogens with one attached hydrogen (secondary N) is 1. The molecule has 94 valence electrons. The van der Waals surface area contributed by atoms with E-state index in [-0.39, 0.29) is 5.02 Å². The van der Waals surface area contributed by atoms with E-state index in [0.717, 1.165) is 6.07 Å². The standard InChI is InChI=1S/C11H11ClF3NO/c12-9-3-7(4-10(17)5-16-6-10)1-2-8(9)11(13,14)15/h1-3,16-17H,4-6H2. The number of hydrogen-bond donors (Lipinski definition) is 2. The van der Waals surface area contributed by atoms with Gasteiger partial charge in [-0.05, 0) is 17.7 Å². The monoisotopic (exact) mass is 265 g/mol. The third-order valence-corrected chi connectivity index (χ3v) is 3.09. The van der Waals surface area contributed by atoms with Gasteiger partial charge in [-0.2, -0.15) is 13.2 Å². The van der Waals surface area contributed by atoms with E-state index in [0.29, 0.717) is 25.1 Å². The van der Waals surface area contributed by atoms with Crippen molar-refractivity contribution in [3.05, 3.63) is 34.3 Å². The molecule has 2 nitrogen and oxygen atoms in total. The Morgan fingerprint density at radius 3 is 2.41 bits per heavy atom. The maximum atomic E-state index is 12.5. The number of halogens is 4. The molecule has 1 saturated heterocycles. The van der Waals surface area contributed by atoms with E-state index in [2.05, 4.69) is 5.32 Å². The van der Waals surface area contributed by atoms with Crippen molar-refractivity contribution in [2.75, 3.05) is 13.1 Å². The van der Waals surface area contributed by atoms with Crippen molar-refractivity contribution < 1.29 is 18.3 Å². The third kappa shape index (κ3) is 2.73. The molecule has 6 heteroatoms. The lowest BCUT2D eigenvalue weighted by molar-refractivity contribution is -0.137. The number of rotatable bonds is 2. The van der Waals surface area contributed by atoms with Crippen LogP contribution in [0.1, 0.15) is 11.1 Å². The van der Waals surface area contributed by atoms with Gasteiger partial charge < -0.3 is 10.4 Å². The summed E-state index contributed by atoms with van der Waals surface area (Å²) < 4.78 is 37.4. The van der Waals surface area contributed by atoms with Crippen LogP contribution in [0.5, 0.6) is 0 Å². The van der Waals surface area contributed by atoms with Gasteiger partial charge in [0.2, 0.25) is 0 Å². The fourth-order valence-corrected chi connectivity index (χ4v) is 2.13. The van der Waals surface area contributed by atoms with Crippen LogP contribution in [0.4, 0.5) is 13.2 Å². The summed E-state index contributed by atoms with van der Waals surface area (Å²) in [6, 6.07) is 3.57. The molecule has 2 rings (SSSR count). The minimum Gasteiger partial charge on any atom is -0.387 e. The Morgan fingerprint density at radius 1 is 1.35 bits per heavy atom. The normalized spacial score (nSPS) is 18.9. The first-order chi connectivity index (χ1) is 7.80. The predicted octanol–water partition coefficient (Wildman–Crippen LogP) is 2.24. The Labute approximate surface area is 101 Å². The highest BCUT2D eigenvalue weighted by atomic mass is 35.5. The third-order valence-electron chi connectivity index (χ3n) is 2.78. The summed E-state index contributed by atoms with van der Waals surface area (Å²) in [5.41, 5.74) is -1.10. The molecule has 1 aliphatic rings. The molecule has 2 N–H and O–H groups in total. The van der Waals surface area contributed by atoms with Crippen molar-refractivity contribution in [1.29, 1.82) is 0 Å². The molecule has 1 aromatic rings. The Morgan fingerprint density at radius 2 is 2.00 bits per heavy atom. The summed E-state index contributed by atoms with van der Waals surface area (Å²) in [5.74, 6) is 0. The molecule has 0 radical (unpaired) electrons. The van der Waals surface area contributed by atoms with Crippen LogP contribution in [-0.4, -0.2) is 23.8 Å². The lowest BCUT2D eigenvalue weighted by Gasteiger charge is -2.37. The summed E-state index contributed by atoms with van der Waals surface area (Å²) in [5, 5.41) is 12.4. The molecule has 0 atom stereocenters. The van der Waals surface area contributed by atoms with Crippen LogP contribution in [-0.2, 0) is 12.6 Å². The maximum Gasteiger partial charge on any atom is 0.417 e. The highest BCUT2D eigenvalue weighted by Crippen LogP contribution is 2.35. The van der Waals surface area contributed by atoms with Gasteiger partial charge in [0.15, 0.2) is 0 Å². The summed E-state index contributed by atoms with van der Waals surface area (Å²) >= 11 is 5.59. The molecular weight excluding hydrogens is 255 g/mol. The average molecular weight is 266 g/mol. The van der Waals surface area contributed by atoms with Gasteiger partial charge in [0.1, 0.15) is 0 Å². The van der Waals surface area contributed by atoms with Gasteiger partial charge in [-0.1, -0.05) is 17.7 Å². The zero-order chi connectivity index (χ0) is 12.7. The summed E-state index contributed by atoms with van der Waals surface area (Å²) in [4.78, 5) is 0. The van der Waals surface area contributed by atoms with Gasteiger partial charge in [-0.3, -0.25) is 0 Å². The van der Waals surface area contributed by atoms with Crippen molar-refractivity contribution in [2.45, 2.75) is 18.2 Å². The summed E-state index contributed by atoms with van der Waals surface area (Å²) in [6.07, 6.45) is -4.14. The molecule has 0 spiro atoms. The Kier molecular flexibility index (Phi) is 3.10. The molecule has 0 saturated carbocycles.